The standard InChI is InChI=1S/C28H28N2Si/c1-5-30-26-14-10-9-13-23(26)24-18-21(15-16-27(24)30)25-17-20(2)28(19-29-25)31(3,4)22-11-7-6-8-12-22/h6-19H,5H2,1-4H3. The fourth-order valence-electron chi connectivity index (χ4n) is 4.93. The molecule has 0 aliphatic carbocycles. The molecular weight excluding hydrogens is 392 g/mol. The molecule has 3 aromatic carbocycles. The quantitative estimate of drug-likeness (QED) is 0.326. The molecule has 0 aliphatic rings. The second-order valence-corrected chi connectivity index (χ2v) is 13.2. The molecule has 0 radical (unpaired) electrons. The molecule has 0 atom stereocenters. The Morgan fingerprint density at radius 3 is 2.26 bits per heavy atom. The minimum absolute atomic E-state index is 0.967. The van der Waals surface area contributed by atoms with Crippen molar-refractivity contribution in [1.29, 1.82) is 0 Å². The van der Waals surface area contributed by atoms with E-state index in [9.17, 15) is 0 Å². The molecule has 5 aromatic rings. The summed E-state index contributed by atoms with van der Waals surface area (Å²) in [6, 6.07) is 28.6. The molecule has 154 valence electrons. The van der Waals surface area contributed by atoms with E-state index in [0.29, 0.717) is 0 Å². The van der Waals surface area contributed by atoms with Crippen molar-refractivity contribution in [3.8, 4) is 11.3 Å². The molecule has 0 aliphatic heterocycles. The first-order valence-corrected chi connectivity index (χ1v) is 14.0. The molecule has 2 nitrogen and oxygen atoms in total. The van der Waals surface area contributed by atoms with E-state index >= 15 is 0 Å². The Labute approximate surface area is 185 Å². The molecule has 5 rings (SSSR count). The van der Waals surface area contributed by atoms with Gasteiger partial charge < -0.3 is 4.57 Å². The molecule has 2 heterocycles. The van der Waals surface area contributed by atoms with Gasteiger partial charge in [0, 0.05) is 40.1 Å². The van der Waals surface area contributed by atoms with Crippen LogP contribution in [0, 0.1) is 6.92 Å². The molecule has 0 N–H and O–H groups in total. The van der Waals surface area contributed by atoms with Gasteiger partial charge in [-0.1, -0.05) is 72.9 Å². The van der Waals surface area contributed by atoms with E-state index in [4.69, 9.17) is 4.98 Å². The molecule has 0 saturated heterocycles. The minimum Gasteiger partial charge on any atom is -0.341 e. The fraction of sp³-hybridized carbons (Fsp3) is 0.179. The van der Waals surface area contributed by atoms with Crippen LogP contribution in [0.4, 0.5) is 0 Å². The Hall–Kier alpha value is -3.17. The molecule has 0 unspecified atom stereocenters. The van der Waals surface area contributed by atoms with Crippen molar-refractivity contribution >= 4 is 40.3 Å². The average Bonchev–Trinajstić information content (AvgIpc) is 3.12. The highest BCUT2D eigenvalue weighted by atomic mass is 28.3. The smallest absolute Gasteiger partial charge is 0.114 e. The summed E-state index contributed by atoms with van der Waals surface area (Å²) in [7, 11) is -1.77. The predicted octanol–water partition coefficient (Wildman–Crippen LogP) is 6.01. The molecule has 0 saturated carbocycles. The number of rotatable bonds is 4. The van der Waals surface area contributed by atoms with Crippen molar-refractivity contribution in [2.45, 2.75) is 33.5 Å². The molecule has 31 heavy (non-hydrogen) atoms. The topological polar surface area (TPSA) is 17.8 Å². The van der Waals surface area contributed by atoms with Crippen LogP contribution in [0.3, 0.4) is 0 Å². The Morgan fingerprint density at radius 2 is 1.52 bits per heavy atom. The highest BCUT2D eigenvalue weighted by Gasteiger charge is 2.28. The van der Waals surface area contributed by atoms with Crippen LogP contribution in [0.15, 0.2) is 85.1 Å². The number of aromatic nitrogens is 2. The Morgan fingerprint density at radius 1 is 0.806 bits per heavy atom. The first-order chi connectivity index (χ1) is 15.0. The highest BCUT2D eigenvalue weighted by Crippen LogP contribution is 2.32. The third kappa shape index (κ3) is 3.21. The Bertz CT molecular complexity index is 1400. The van der Waals surface area contributed by atoms with Crippen molar-refractivity contribution < 1.29 is 0 Å². The number of hydrogen-bond donors (Lipinski definition) is 0. The van der Waals surface area contributed by atoms with Crippen LogP contribution >= 0.6 is 0 Å². The summed E-state index contributed by atoms with van der Waals surface area (Å²) < 4.78 is 2.39. The second-order valence-electron chi connectivity index (χ2n) is 8.87. The van der Waals surface area contributed by atoms with Crippen LogP contribution in [0.2, 0.25) is 13.1 Å². The number of fused-ring (bicyclic) bond motifs is 3. The van der Waals surface area contributed by atoms with Crippen molar-refractivity contribution in [3.05, 3.63) is 90.6 Å². The maximum Gasteiger partial charge on any atom is 0.114 e. The Balaban J connectivity index is 1.61. The summed E-state index contributed by atoms with van der Waals surface area (Å²) in [4.78, 5) is 4.94. The Kier molecular flexibility index (Phi) is 4.79. The van der Waals surface area contributed by atoms with Crippen LogP contribution in [-0.4, -0.2) is 17.6 Å². The van der Waals surface area contributed by atoms with Gasteiger partial charge in [0.15, 0.2) is 0 Å². The van der Waals surface area contributed by atoms with E-state index in [2.05, 4.69) is 117 Å². The zero-order chi connectivity index (χ0) is 21.6. The van der Waals surface area contributed by atoms with Crippen molar-refractivity contribution in [2.75, 3.05) is 0 Å². The molecule has 0 spiro atoms. The van der Waals surface area contributed by atoms with E-state index in [-0.39, 0.29) is 0 Å². The first kappa shape index (κ1) is 19.8. The van der Waals surface area contributed by atoms with Crippen molar-refractivity contribution in [1.82, 2.24) is 9.55 Å². The van der Waals surface area contributed by atoms with Crippen LogP contribution in [0.5, 0.6) is 0 Å². The largest absolute Gasteiger partial charge is 0.341 e. The van der Waals surface area contributed by atoms with Gasteiger partial charge in [-0.2, -0.15) is 0 Å². The van der Waals surface area contributed by atoms with Gasteiger partial charge in [0.1, 0.15) is 8.07 Å². The van der Waals surface area contributed by atoms with E-state index in [1.54, 1.807) is 0 Å². The van der Waals surface area contributed by atoms with Gasteiger partial charge in [0.25, 0.3) is 0 Å². The van der Waals surface area contributed by atoms with Gasteiger partial charge >= 0.3 is 0 Å². The monoisotopic (exact) mass is 420 g/mol. The lowest BCUT2D eigenvalue weighted by molar-refractivity contribution is 0.827. The van der Waals surface area contributed by atoms with Gasteiger partial charge in [0.2, 0.25) is 0 Å². The minimum atomic E-state index is -1.77. The summed E-state index contributed by atoms with van der Waals surface area (Å²) >= 11 is 0. The van der Waals surface area contributed by atoms with Gasteiger partial charge in [-0.3, -0.25) is 4.98 Å². The number of pyridine rings is 1. The maximum atomic E-state index is 4.94. The summed E-state index contributed by atoms with van der Waals surface area (Å²) in [5, 5.41) is 5.47. The summed E-state index contributed by atoms with van der Waals surface area (Å²) in [6.07, 6.45) is 2.13. The average molecular weight is 421 g/mol. The second kappa shape index (κ2) is 7.51. The third-order valence-electron chi connectivity index (χ3n) is 6.66. The molecule has 0 fully saturated rings. The summed E-state index contributed by atoms with van der Waals surface area (Å²) in [6.45, 7) is 10.2. The van der Waals surface area contributed by atoms with Gasteiger partial charge in [0.05, 0.1) is 5.69 Å². The third-order valence-corrected chi connectivity index (χ3v) is 10.3. The van der Waals surface area contributed by atoms with E-state index in [0.717, 1.165) is 12.2 Å². The van der Waals surface area contributed by atoms with E-state index in [1.165, 1.54) is 43.3 Å². The van der Waals surface area contributed by atoms with Crippen LogP contribution < -0.4 is 10.4 Å². The fourth-order valence-corrected chi connectivity index (χ4v) is 7.71. The van der Waals surface area contributed by atoms with Crippen LogP contribution in [0.1, 0.15) is 12.5 Å². The number of hydrogen-bond acceptors (Lipinski definition) is 1. The van der Waals surface area contributed by atoms with Crippen molar-refractivity contribution in [2.24, 2.45) is 0 Å². The van der Waals surface area contributed by atoms with Crippen molar-refractivity contribution in [3.63, 3.8) is 0 Å². The summed E-state index contributed by atoms with van der Waals surface area (Å²) in [5.74, 6) is 0. The lowest BCUT2D eigenvalue weighted by Crippen LogP contribution is -2.54. The number of benzene rings is 3. The first-order valence-electron chi connectivity index (χ1n) is 11.0. The van der Waals surface area contributed by atoms with Gasteiger partial charge in [-0.05, 0) is 48.9 Å². The lowest BCUT2D eigenvalue weighted by atomic mass is 10.1. The van der Waals surface area contributed by atoms with E-state index in [1.807, 2.05) is 0 Å². The molecule has 3 heteroatoms. The number of para-hydroxylation sites is 1. The van der Waals surface area contributed by atoms with Gasteiger partial charge in [-0.15, -0.1) is 0 Å². The normalized spacial score (nSPS) is 12.0. The van der Waals surface area contributed by atoms with Gasteiger partial charge in [-0.25, -0.2) is 0 Å². The number of nitrogens with zero attached hydrogens (tertiary/aromatic N) is 2. The molecule has 2 aromatic heterocycles. The lowest BCUT2D eigenvalue weighted by Gasteiger charge is -2.25. The zero-order valence-corrected chi connectivity index (χ0v) is 19.7. The SMILES string of the molecule is CCn1c2ccccc2c2cc(-c3cc(C)c([Si](C)(C)c4ccccc4)cn3)ccc21. The van der Waals surface area contributed by atoms with Crippen LogP contribution in [0.25, 0.3) is 33.1 Å². The molecular formula is C28H28N2Si. The molecule has 0 bridgehead atoms. The highest BCUT2D eigenvalue weighted by molar-refractivity contribution is 7.00. The maximum absolute atomic E-state index is 4.94. The summed E-state index contributed by atoms with van der Waals surface area (Å²) in [5.41, 5.74) is 6.15. The predicted molar refractivity (Wildman–Crippen MR) is 136 cm³/mol. The number of aryl methyl sites for hydroxylation is 2. The zero-order valence-electron chi connectivity index (χ0n) is 18.7. The van der Waals surface area contributed by atoms with Crippen LogP contribution in [-0.2, 0) is 6.54 Å². The van der Waals surface area contributed by atoms with E-state index < -0.39 is 8.07 Å². The molecule has 0 amide bonds.